The fraction of sp³-hybridized carbons (Fsp3) is 0. The molecule has 0 fully saturated rings. The van der Waals surface area contributed by atoms with Gasteiger partial charge in [0, 0.05) is 4.47 Å². The Morgan fingerprint density at radius 3 is 2.73 bits per heavy atom. The lowest BCUT2D eigenvalue weighted by molar-refractivity contribution is 1.47. The largest absolute Gasteiger partial charge is 0.397 e. The molecule has 0 heterocycles. The van der Waals surface area contributed by atoms with Crippen LogP contribution in [0.1, 0.15) is 5.56 Å². The Balaban J connectivity index is 3.39. The van der Waals surface area contributed by atoms with Crippen LogP contribution >= 0.6 is 27.5 Å². The average molecular weight is 231 g/mol. The first kappa shape index (κ1) is 8.38. The maximum absolute atomic E-state index is 8.56. The van der Waals surface area contributed by atoms with E-state index in [-0.39, 0.29) is 0 Å². The summed E-state index contributed by atoms with van der Waals surface area (Å²) >= 11 is 8.90. The van der Waals surface area contributed by atoms with Gasteiger partial charge in [-0.1, -0.05) is 27.5 Å². The number of nitrogens with two attached hydrogens (primary N) is 1. The molecule has 1 aromatic rings. The Hall–Kier alpha value is -0.720. The molecule has 0 saturated heterocycles. The molecule has 56 valence electrons. The molecule has 0 aliphatic carbocycles. The third-order valence-corrected chi connectivity index (χ3v) is 2.07. The number of anilines is 1. The molecule has 0 saturated carbocycles. The predicted octanol–water partition coefficient (Wildman–Crippen LogP) is 2.56. The molecule has 1 rings (SSSR count). The number of rotatable bonds is 0. The van der Waals surface area contributed by atoms with Crippen LogP contribution in [0.25, 0.3) is 0 Å². The van der Waals surface area contributed by atoms with E-state index in [1.54, 1.807) is 12.1 Å². The van der Waals surface area contributed by atoms with E-state index < -0.39 is 0 Å². The van der Waals surface area contributed by atoms with Crippen LogP contribution in [-0.2, 0) is 0 Å². The zero-order valence-electron chi connectivity index (χ0n) is 5.44. The molecule has 0 atom stereocenters. The second kappa shape index (κ2) is 3.12. The van der Waals surface area contributed by atoms with E-state index in [2.05, 4.69) is 15.9 Å². The number of nitriles is 1. The zero-order valence-corrected chi connectivity index (χ0v) is 7.78. The van der Waals surface area contributed by atoms with Crippen LogP contribution in [0.3, 0.4) is 0 Å². The molecule has 0 unspecified atom stereocenters. The average Bonchev–Trinajstić information content (AvgIpc) is 1.96. The molecule has 2 N–H and O–H groups in total. The van der Waals surface area contributed by atoms with Gasteiger partial charge in [0.05, 0.1) is 16.3 Å². The van der Waals surface area contributed by atoms with Gasteiger partial charge in [0.25, 0.3) is 0 Å². The lowest BCUT2D eigenvalue weighted by Crippen LogP contribution is -1.88. The number of nitrogen functional groups attached to an aromatic ring is 1. The molecule has 0 aliphatic heterocycles. The fourth-order valence-corrected chi connectivity index (χ4v) is 1.32. The number of benzene rings is 1. The molecule has 11 heavy (non-hydrogen) atoms. The molecular formula is C7H4BrClN2. The number of nitrogens with zero attached hydrogens (tertiary/aromatic N) is 1. The van der Waals surface area contributed by atoms with Crippen molar-refractivity contribution in [3.8, 4) is 6.07 Å². The summed E-state index contributed by atoms with van der Waals surface area (Å²) in [4.78, 5) is 0. The van der Waals surface area contributed by atoms with Crippen molar-refractivity contribution in [2.75, 3.05) is 5.73 Å². The van der Waals surface area contributed by atoms with E-state index in [1.807, 2.05) is 6.07 Å². The summed E-state index contributed by atoms with van der Waals surface area (Å²) in [6.07, 6.45) is 0. The zero-order chi connectivity index (χ0) is 8.43. The highest BCUT2D eigenvalue weighted by Crippen LogP contribution is 2.27. The Morgan fingerprint density at radius 1 is 1.55 bits per heavy atom. The predicted molar refractivity (Wildman–Crippen MR) is 48.3 cm³/mol. The molecular weight excluding hydrogens is 227 g/mol. The Kier molecular flexibility index (Phi) is 2.38. The van der Waals surface area contributed by atoms with Gasteiger partial charge in [0.15, 0.2) is 0 Å². The van der Waals surface area contributed by atoms with E-state index in [0.29, 0.717) is 16.3 Å². The fourth-order valence-electron chi connectivity index (χ4n) is 0.692. The first-order valence-corrected chi connectivity index (χ1v) is 3.97. The van der Waals surface area contributed by atoms with E-state index in [4.69, 9.17) is 22.6 Å². The van der Waals surface area contributed by atoms with Gasteiger partial charge >= 0.3 is 0 Å². The maximum Gasteiger partial charge on any atom is 0.101 e. The highest BCUT2D eigenvalue weighted by atomic mass is 79.9. The van der Waals surface area contributed by atoms with Gasteiger partial charge < -0.3 is 5.73 Å². The van der Waals surface area contributed by atoms with E-state index in [1.165, 1.54) is 0 Å². The lowest BCUT2D eigenvalue weighted by atomic mass is 10.2. The summed E-state index contributed by atoms with van der Waals surface area (Å²) in [5.74, 6) is 0. The van der Waals surface area contributed by atoms with Crippen LogP contribution in [0, 0.1) is 11.3 Å². The quantitative estimate of drug-likeness (QED) is 0.698. The van der Waals surface area contributed by atoms with E-state index >= 15 is 0 Å². The van der Waals surface area contributed by atoms with Crippen LogP contribution in [0.2, 0.25) is 5.02 Å². The summed E-state index contributed by atoms with van der Waals surface area (Å²) in [7, 11) is 0. The van der Waals surface area contributed by atoms with Crippen molar-refractivity contribution in [1.29, 1.82) is 5.26 Å². The van der Waals surface area contributed by atoms with Crippen molar-refractivity contribution < 1.29 is 0 Å². The van der Waals surface area contributed by atoms with Gasteiger partial charge in [-0.15, -0.1) is 0 Å². The molecule has 2 nitrogen and oxygen atoms in total. The Bertz CT molecular complexity index is 330. The summed E-state index contributed by atoms with van der Waals surface area (Å²) in [6, 6.07) is 5.21. The molecule has 4 heteroatoms. The molecule has 0 bridgehead atoms. The van der Waals surface area contributed by atoms with Crippen LogP contribution in [-0.4, -0.2) is 0 Å². The van der Waals surface area contributed by atoms with Gasteiger partial charge in [-0.3, -0.25) is 0 Å². The summed E-state index contributed by atoms with van der Waals surface area (Å²) in [5.41, 5.74) is 6.29. The Labute approximate surface area is 77.7 Å². The summed E-state index contributed by atoms with van der Waals surface area (Å²) in [5, 5.41) is 8.87. The highest BCUT2D eigenvalue weighted by molar-refractivity contribution is 9.10. The van der Waals surface area contributed by atoms with Gasteiger partial charge in [0.2, 0.25) is 0 Å². The minimum absolute atomic E-state index is 0.315. The van der Waals surface area contributed by atoms with Crippen molar-refractivity contribution in [2.24, 2.45) is 0 Å². The second-order valence-electron chi connectivity index (χ2n) is 1.97. The van der Waals surface area contributed by atoms with Crippen molar-refractivity contribution in [1.82, 2.24) is 0 Å². The van der Waals surface area contributed by atoms with Gasteiger partial charge in [-0.25, -0.2) is 0 Å². The topological polar surface area (TPSA) is 49.8 Å². The summed E-state index contributed by atoms with van der Waals surface area (Å²) < 4.78 is 0.760. The second-order valence-corrected chi connectivity index (χ2v) is 3.26. The maximum atomic E-state index is 8.56. The molecule has 0 aliphatic rings. The van der Waals surface area contributed by atoms with Crippen molar-refractivity contribution in [2.45, 2.75) is 0 Å². The number of halogens is 2. The van der Waals surface area contributed by atoms with E-state index in [9.17, 15) is 0 Å². The number of hydrogen-bond donors (Lipinski definition) is 1. The normalized spacial score (nSPS) is 9.18. The van der Waals surface area contributed by atoms with E-state index in [0.717, 1.165) is 4.47 Å². The standard InChI is InChI=1S/C7H4BrClN2/c8-5-1-4(3-10)7(9)6(11)2-5/h1-2H,11H2. The lowest BCUT2D eigenvalue weighted by Gasteiger charge is -1.99. The number of hydrogen-bond acceptors (Lipinski definition) is 2. The van der Waals surface area contributed by atoms with Gasteiger partial charge in [0.1, 0.15) is 6.07 Å². The first-order chi connectivity index (χ1) is 5.15. The molecule has 0 aromatic heterocycles. The van der Waals surface area contributed by atoms with Crippen LogP contribution in [0.4, 0.5) is 5.69 Å². The first-order valence-electron chi connectivity index (χ1n) is 2.79. The van der Waals surface area contributed by atoms with Crippen molar-refractivity contribution in [3.05, 3.63) is 27.2 Å². The molecule has 0 amide bonds. The minimum Gasteiger partial charge on any atom is -0.397 e. The molecule has 0 radical (unpaired) electrons. The SMILES string of the molecule is N#Cc1cc(Br)cc(N)c1Cl. The minimum atomic E-state index is 0.315. The third kappa shape index (κ3) is 1.65. The van der Waals surface area contributed by atoms with Crippen LogP contribution in [0.15, 0.2) is 16.6 Å². The monoisotopic (exact) mass is 230 g/mol. The Morgan fingerprint density at radius 2 is 2.18 bits per heavy atom. The molecule has 0 spiro atoms. The summed E-state index contributed by atoms with van der Waals surface area (Å²) in [6.45, 7) is 0. The van der Waals surface area contributed by atoms with Crippen molar-refractivity contribution in [3.63, 3.8) is 0 Å². The van der Waals surface area contributed by atoms with Gasteiger partial charge in [-0.05, 0) is 12.1 Å². The van der Waals surface area contributed by atoms with Crippen LogP contribution < -0.4 is 5.73 Å². The smallest absolute Gasteiger partial charge is 0.101 e. The molecule has 1 aromatic carbocycles. The highest BCUT2D eigenvalue weighted by Gasteiger charge is 2.03. The van der Waals surface area contributed by atoms with Gasteiger partial charge in [-0.2, -0.15) is 5.26 Å². The van der Waals surface area contributed by atoms with Crippen molar-refractivity contribution >= 4 is 33.2 Å². The van der Waals surface area contributed by atoms with Crippen LogP contribution in [0.5, 0.6) is 0 Å². The third-order valence-electron chi connectivity index (χ3n) is 1.19.